The average molecular weight is 290 g/mol. The number of imidazole rings is 1. The fourth-order valence-corrected chi connectivity index (χ4v) is 3.38. The SMILES string of the molecule is Cc1cc(CNC(=O)C2Cc3nc[nH]c3CN2)sc1C. The molecule has 0 saturated heterocycles. The van der Waals surface area contributed by atoms with Gasteiger partial charge in [-0.15, -0.1) is 11.3 Å². The number of nitrogens with zero attached hydrogens (tertiary/aromatic N) is 1. The number of rotatable bonds is 3. The van der Waals surface area contributed by atoms with E-state index in [0.717, 1.165) is 11.4 Å². The molecule has 0 spiro atoms. The maximum absolute atomic E-state index is 12.2. The zero-order chi connectivity index (χ0) is 14.1. The highest BCUT2D eigenvalue weighted by Crippen LogP contribution is 2.20. The first-order valence-electron chi connectivity index (χ1n) is 6.71. The van der Waals surface area contributed by atoms with Crippen LogP contribution in [0.1, 0.15) is 26.7 Å². The fourth-order valence-electron chi connectivity index (χ4n) is 2.39. The lowest BCUT2D eigenvalue weighted by atomic mass is 10.0. The van der Waals surface area contributed by atoms with Crippen LogP contribution in [0.25, 0.3) is 0 Å². The Morgan fingerprint density at radius 3 is 3.15 bits per heavy atom. The number of carbonyl (C=O) groups is 1. The minimum absolute atomic E-state index is 0.0438. The minimum Gasteiger partial charge on any atom is -0.350 e. The third-order valence-electron chi connectivity index (χ3n) is 3.70. The summed E-state index contributed by atoms with van der Waals surface area (Å²) in [6, 6.07) is 1.95. The van der Waals surface area contributed by atoms with Crippen molar-refractivity contribution < 1.29 is 4.79 Å². The topological polar surface area (TPSA) is 69.8 Å². The van der Waals surface area contributed by atoms with Gasteiger partial charge in [-0.3, -0.25) is 10.1 Å². The largest absolute Gasteiger partial charge is 0.350 e. The molecule has 0 fully saturated rings. The first-order valence-corrected chi connectivity index (χ1v) is 7.53. The van der Waals surface area contributed by atoms with E-state index in [0.29, 0.717) is 19.5 Å². The molecule has 1 amide bonds. The first-order chi connectivity index (χ1) is 9.63. The van der Waals surface area contributed by atoms with Crippen molar-refractivity contribution in [3.05, 3.63) is 39.1 Å². The molecule has 2 aromatic heterocycles. The summed E-state index contributed by atoms with van der Waals surface area (Å²) in [7, 11) is 0. The predicted molar refractivity (Wildman–Crippen MR) is 78.6 cm³/mol. The summed E-state index contributed by atoms with van der Waals surface area (Å²) in [6.45, 7) is 5.47. The van der Waals surface area contributed by atoms with Gasteiger partial charge in [-0.05, 0) is 25.5 Å². The van der Waals surface area contributed by atoms with Gasteiger partial charge in [0.2, 0.25) is 5.91 Å². The van der Waals surface area contributed by atoms with Gasteiger partial charge in [-0.2, -0.15) is 0 Å². The molecule has 0 radical (unpaired) electrons. The van der Waals surface area contributed by atoms with Gasteiger partial charge >= 0.3 is 0 Å². The summed E-state index contributed by atoms with van der Waals surface area (Å²) in [5.74, 6) is 0.0438. The molecular formula is C14H18N4OS. The third kappa shape index (κ3) is 2.62. The van der Waals surface area contributed by atoms with Crippen molar-refractivity contribution in [1.82, 2.24) is 20.6 Å². The molecule has 106 valence electrons. The van der Waals surface area contributed by atoms with Gasteiger partial charge in [0.25, 0.3) is 0 Å². The Bertz CT molecular complexity index is 611. The van der Waals surface area contributed by atoms with Gasteiger partial charge in [-0.25, -0.2) is 4.98 Å². The van der Waals surface area contributed by atoms with Crippen molar-refractivity contribution in [3.63, 3.8) is 0 Å². The highest BCUT2D eigenvalue weighted by molar-refractivity contribution is 7.12. The number of nitrogens with one attached hydrogen (secondary N) is 3. The molecule has 1 aliphatic rings. The Labute approximate surface area is 121 Å². The standard InChI is InChI=1S/C14H18N4OS/c1-8-3-10(20-9(8)2)5-16-14(19)12-4-11-13(6-15-12)18-7-17-11/h3,7,12,15H,4-6H2,1-2H3,(H,16,19)(H,17,18). The van der Waals surface area contributed by atoms with Crippen molar-refractivity contribution in [2.24, 2.45) is 0 Å². The maximum Gasteiger partial charge on any atom is 0.237 e. The summed E-state index contributed by atoms with van der Waals surface area (Å²) in [6.07, 6.45) is 2.33. The van der Waals surface area contributed by atoms with Crippen LogP contribution in [0, 0.1) is 13.8 Å². The minimum atomic E-state index is -0.187. The van der Waals surface area contributed by atoms with E-state index in [1.807, 2.05) is 0 Å². The van der Waals surface area contributed by atoms with E-state index in [9.17, 15) is 4.79 Å². The van der Waals surface area contributed by atoms with E-state index < -0.39 is 0 Å². The van der Waals surface area contributed by atoms with Gasteiger partial charge < -0.3 is 10.3 Å². The zero-order valence-electron chi connectivity index (χ0n) is 11.6. The normalized spacial score (nSPS) is 17.8. The molecule has 0 saturated carbocycles. The van der Waals surface area contributed by atoms with Crippen molar-refractivity contribution in [2.45, 2.75) is 39.4 Å². The van der Waals surface area contributed by atoms with Crippen molar-refractivity contribution in [2.75, 3.05) is 0 Å². The summed E-state index contributed by atoms with van der Waals surface area (Å²) >= 11 is 1.74. The number of fused-ring (bicyclic) bond motifs is 1. The fraction of sp³-hybridized carbons (Fsp3) is 0.429. The number of hydrogen-bond acceptors (Lipinski definition) is 4. The molecule has 1 atom stereocenters. The Hall–Kier alpha value is -1.66. The number of amides is 1. The molecule has 5 nitrogen and oxygen atoms in total. The van der Waals surface area contributed by atoms with Crippen LogP contribution in [0.5, 0.6) is 0 Å². The molecule has 0 aliphatic carbocycles. The Morgan fingerprint density at radius 2 is 2.40 bits per heavy atom. The van der Waals surface area contributed by atoms with Crippen LogP contribution >= 0.6 is 11.3 Å². The Balaban J connectivity index is 1.57. The van der Waals surface area contributed by atoms with E-state index >= 15 is 0 Å². The number of thiophene rings is 1. The number of aromatic nitrogens is 2. The Kier molecular flexibility index (Phi) is 3.58. The van der Waals surface area contributed by atoms with Crippen molar-refractivity contribution >= 4 is 17.2 Å². The molecule has 3 N–H and O–H groups in total. The van der Waals surface area contributed by atoms with E-state index in [2.05, 4.69) is 40.5 Å². The van der Waals surface area contributed by atoms with Gasteiger partial charge in [0.05, 0.1) is 30.3 Å². The average Bonchev–Trinajstić information content (AvgIpc) is 3.02. The van der Waals surface area contributed by atoms with Gasteiger partial charge in [0.1, 0.15) is 0 Å². The second kappa shape index (κ2) is 5.38. The lowest BCUT2D eigenvalue weighted by Gasteiger charge is -2.22. The number of aromatic amines is 1. The molecule has 6 heteroatoms. The second-order valence-electron chi connectivity index (χ2n) is 5.14. The van der Waals surface area contributed by atoms with Crippen molar-refractivity contribution in [3.8, 4) is 0 Å². The molecule has 2 aromatic rings. The quantitative estimate of drug-likeness (QED) is 0.800. The summed E-state index contributed by atoms with van der Waals surface area (Å²) in [5, 5.41) is 6.24. The van der Waals surface area contributed by atoms with Crippen LogP contribution in [-0.2, 0) is 24.3 Å². The van der Waals surface area contributed by atoms with E-state index in [1.165, 1.54) is 15.3 Å². The van der Waals surface area contributed by atoms with Crippen LogP contribution < -0.4 is 10.6 Å². The molecule has 1 aliphatic heterocycles. The van der Waals surface area contributed by atoms with Crippen LogP contribution in [0.2, 0.25) is 0 Å². The van der Waals surface area contributed by atoms with E-state index in [4.69, 9.17) is 0 Å². The number of H-pyrrole nitrogens is 1. The lowest BCUT2D eigenvalue weighted by Crippen LogP contribution is -2.47. The predicted octanol–water partition coefficient (Wildman–Crippen LogP) is 1.42. The van der Waals surface area contributed by atoms with E-state index in [1.54, 1.807) is 17.7 Å². The van der Waals surface area contributed by atoms with Gasteiger partial charge in [0, 0.05) is 22.7 Å². The van der Waals surface area contributed by atoms with Crippen molar-refractivity contribution in [1.29, 1.82) is 0 Å². The monoisotopic (exact) mass is 290 g/mol. The summed E-state index contributed by atoms with van der Waals surface area (Å²) in [4.78, 5) is 22.0. The third-order valence-corrected chi connectivity index (χ3v) is 4.85. The van der Waals surface area contributed by atoms with Crippen LogP contribution in [0.4, 0.5) is 0 Å². The van der Waals surface area contributed by atoms with Crippen LogP contribution in [-0.4, -0.2) is 21.9 Å². The maximum atomic E-state index is 12.2. The number of hydrogen-bond donors (Lipinski definition) is 3. The zero-order valence-corrected chi connectivity index (χ0v) is 12.4. The van der Waals surface area contributed by atoms with E-state index in [-0.39, 0.29) is 11.9 Å². The summed E-state index contributed by atoms with van der Waals surface area (Å²) in [5.41, 5.74) is 3.36. The lowest BCUT2D eigenvalue weighted by molar-refractivity contribution is -0.123. The molecule has 0 bridgehead atoms. The summed E-state index contributed by atoms with van der Waals surface area (Å²) < 4.78 is 0. The molecule has 0 aromatic carbocycles. The van der Waals surface area contributed by atoms with Gasteiger partial charge in [0.15, 0.2) is 0 Å². The first kappa shape index (κ1) is 13.3. The highest BCUT2D eigenvalue weighted by atomic mass is 32.1. The Morgan fingerprint density at radius 1 is 1.55 bits per heavy atom. The number of carbonyl (C=O) groups excluding carboxylic acids is 1. The molecule has 20 heavy (non-hydrogen) atoms. The smallest absolute Gasteiger partial charge is 0.237 e. The highest BCUT2D eigenvalue weighted by Gasteiger charge is 2.25. The van der Waals surface area contributed by atoms with Crippen LogP contribution in [0.15, 0.2) is 12.4 Å². The number of aryl methyl sites for hydroxylation is 2. The molecular weight excluding hydrogens is 272 g/mol. The molecule has 3 rings (SSSR count). The molecule has 3 heterocycles. The molecule has 1 unspecified atom stereocenters. The van der Waals surface area contributed by atoms with Crippen LogP contribution in [0.3, 0.4) is 0 Å². The van der Waals surface area contributed by atoms with Gasteiger partial charge in [-0.1, -0.05) is 0 Å². The second-order valence-corrected chi connectivity index (χ2v) is 6.48.